The van der Waals surface area contributed by atoms with E-state index in [2.05, 4.69) is 23.6 Å². The van der Waals surface area contributed by atoms with Crippen LogP contribution in [0.1, 0.15) is 13.8 Å². The Bertz CT molecular complexity index is 266. The van der Waals surface area contributed by atoms with Crippen LogP contribution in [0.4, 0.5) is 0 Å². The molecule has 4 heteroatoms. The Hall–Kier alpha value is -0.870. The minimum absolute atomic E-state index is 0.625. The Morgan fingerprint density at radius 1 is 1.24 bits per heavy atom. The van der Waals surface area contributed by atoms with E-state index < -0.39 is 0 Å². The van der Waals surface area contributed by atoms with Crippen molar-refractivity contribution < 1.29 is 4.79 Å². The monoisotopic (exact) mass is 239 g/mol. The quantitative estimate of drug-likeness (QED) is 0.520. The van der Waals surface area contributed by atoms with Crippen LogP contribution in [0.15, 0.2) is 11.8 Å². The summed E-state index contributed by atoms with van der Waals surface area (Å²) in [6.07, 6.45) is 2.87. The van der Waals surface area contributed by atoms with E-state index >= 15 is 0 Å². The molecule has 1 fully saturated rings. The standard InChI is InChI=1S/C13H25N3O/c1-12(2)16-7-5-15(6-8-16)10-13(11-17)9-14(3)4/h9,11-12H,5-8,10H2,1-4H3. The van der Waals surface area contributed by atoms with Gasteiger partial charge >= 0.3 is 0 Å². The molecule has 0 unspecified atom stereocenters. The smallest absolute Gasteiger partial charge is 0.148 e. The molecule has 1 saturated heterocycles. The number of nitrogens with zero attached hydrogens (tertiary/aromatic N) is 3. The molecule has 1 aliphatic heterocycles. The van der Waals surface area contributed by atoms with Gasteiger partial charge in [0.25, 0.3) is 0 Å². The second kappa shape index (κ2) is 6.77. The molecule has 0 N–H and O–H groups in total. The van der Waals surface area contributed by atoms with E-state index in [-0.39, 0.29) is 0 Å². The molecule has 0 amide bonds. The third kappa shape index (κ3) is 4.88. The Morgan fingerprint density at radius 2 is 1.82 bits per heavy atom. The second-order valence-electron chi connectivity index (χ2n) is 5.19. The van der Waals surface area contributed by atoms with Gasteiger partial charge in [0, 0.05) is 64.6 Å². The molecular weight excluding hydrogens is 214 g/mol. The fourth-order valence-corrected chi connectivity index (χ4v) is 2.14. The SMILES string of the molecule is CC(C)N1CCN(CC(C=O)=CN(C)C)CC1. The van der Waals surface area contributed by atoms with Crippen molar-refractivity contribution in [2.45, 2.75) is 19.9 Å². The summed E-state index contributed by atoms with van der Waals surface area (Å²) in [5.74, 6) is 0. The van der Waals surface area contributed by atoms with Gasteiger partial charge in [0.1, 0.15) is 6.29 Å². The summed E-state index contributed by atoms with van der Waals surface area (Å²) < 4.78 is 0. The van der Waals surface area contributed by atoms with Crippen LogP contribution < -0.4 is 0 Å². The molecule has 0 aromatic heterocycles. The molecule has 0 aromatic rings. The van der Waals surface area contributed by atoms with Gasteiger partial charge in [-0.25, -0.2) is 0 Å². The van der Waals surface area contributed by atoms with Crippen LogP contribution in [-0.2, 0) is 4.79 Å². The number of piperazine rings is 1. The first-order valence-electron chi connectivity index (χ1n) is 6.31. The van der Waals surface area contributed by atoms with Crippen molar-refractivity contribution in [3.05, 3.63) is 11.8 Å². The van der Waals surface area contributed by atoms with Gasteiger partial charge in [-0.2, -0.15) is 0 Å². The van der Waals surface area contributed by atoms with E-state index in [1.54, 1.807) is 0 Å². The molecule has 17 heavy (non-hydrogen) atoms. The fraction of sp³-hybridized carbons (Fsp3) is 0.769. The zero-order valence-electron chi connectivity index (χ0n) is 11.5. The average molecular weight is 239 g/mol. The number of carbonyl (C=O) groups excluding carboxylic acids is 1. The van der Waals surface area contributed by atoms with E-state index in [1.807, 2.05) is 25.2 Å². The van der Waals surface area contributed by atoms with Gasteiger partial charge < -0.3 is 4.90 Å². The van der Waals surface area contributed by atoms with Crippen molar-refractivity contribution in [2.75, 3.05) is 46.8 Å². The van der Waals surface area contributed by atoms with Crippen molar-refractivity contribution in [3.8, 4) is 0 Å². The molecule has 0 aliphatic carbocycles. The second-order valence-corrected chi connectivity index (χ2v) is 5.19. The molecule has 0 atom stereocenters. The summed E-state index contributed by atoms with van der Waals surface area (Å²) in [6.45, 7) is 9.55. The summed E-state index contributed by atoms with van der Waals surface area (Å²) >= 11 is 0. The van der Waals surface area contributed by atoms with Crippen molar-refractivity contribution >= 4 is 6.29 Å². The molecule has 98 valence electrons. The normalized spacial score (nSPS) is 19.7. The summed E-state index contributed by atoms with van der Waals surface area (Å²) in [7, 11) is 3.89. The van der Waals surface area contributed by atoms with E-state index in [0.29, 0.717) is 6.04 Å². The van der Waals surface area contributed by atoms with Crippen LogP contribution in [0.25, 0.3) is 0 Å². The molecule has 4 nitrogen and oxygen atoms in total. The van der Waals surface area contributed by atoms with Crippen LogP contribution in [0.5, 0.6) is 0 Å². The van der Waals surface area contributed by atoms with Gasteiger partial charge in [-0.05, 0) is 13.8 Å². The van der Waals surface area contributed by atoms with Crippen LogP contribution >= 0.6 is 0 Å². The zero-order valence-corrected chi connectivity index (χ0v) is 11.5. The summed E-state index contributed by atoms with van der Waals surface area (Å²) in [5, 5.41) is 0. The number of hydrogen-bond acceptors (Lipinski definition) is 4. The van der Waals surface area contributed by atoms with Crippen molar-refractivity contribution in [3.63, 3.8) is 0 Å². The van der Waals surface area contributed by atoms with Crippen LogP contribution in [0.2, 0.25) is 0 Å². The first kappa shape index (κ1) is 14.2. The van der Waals surface area contributed by atoms with Gasteiger partial charge in [0.15, 0.2) is 0 Å². The van der Waals surface area contributed by atoms with Crippen molar-refractivity contribution in [1.29, 1.82) is 0 Å². The Balaban J connectivity index is 2.42. The maximum atomic E-state index is 11.0. The molecule has 0 spiro atoms. The molecule has 0 bridgehead atoms. The van der Waals surface area contributed by atoms with E-state index in [1.165, 1.54) is 0 Å². The first-order chi connectivity index (χ1) is 8.02. The predicted molar refractivity (Wildman–Crippen MR) is 71.0 cm³/mol. The highest BCUT2D eigenvalue weighted by Crippen LogP contribution is 2.07. The highest BCUT2D eigenvalue weighted by molar-refractivity contribution is 5.73. The zero-order chi connectivity index (χ0) is 12.8. The highest BCUT2D eigenvalue weighted by atomic mass is 16.1. The number of carbonyl (C=O) groups is 1. The molecule has 1 rings (SSSR count). The lowest BCUT2D eigenvalue weighted by molar-refractivity contribution is -0.105. The van der Waals surface area contributed by atoms with E-state index in [4.69, 9.17) is 0 Å². The summed E-state index contributed by atoms with van der Waals surface area (Å²) in [4.78, 5) is 17.7. The first-order valence-corrected chi connectivity index (χ1v) is 6.31. The fourth-order valence-electron chi connectivity index (χ4n) is 2.14. The van der Waals surface area contributed by atoms with Gasteiger partial charge in [0.05, 0.1) is 0 Å². The molecule has 0 aromatic carbocycles. The van der Waals surface area contributed by atoms with Gasteiger partial charge in [-0.1, -0.05) is 0 Å². The Morgan fingerprint density at radius 3 is 2.24 bits per heavy atom. The largest absolute Gasteiger partial charge is 0.383 e. The maximum absolute atomic E-state index is 11.0. The predicted octanol–water partition coefficient (Wildman–Crippen LogP) is 0.657. The summed E-state index contributed by atoms with van der Waals surface area (Å²) in [6, 6.07) is 0.625. The topological polar surface area (TPSA) is 26.8 Å². The third-order valence-corrected chi connectivity index (χ3v) is 3.12. The third-order valence-electron chi connectivity index (χ3n) is 3.12. The molecular formula is C13H25N3O. The lowest BCUT2D eigenvalue weighted by Gasteiger charge is -2.36. The minimum atomic E-state index is 0.625. The van der Waals surface area contributed by atoms with E-state index in [0.717, 1.165) is 44.6 Å². The van der Waals surface area contributed by atoms with Crippen LogP contribution in [-0.4, -0.2) is 73.8 Å². The minimum Gasteiger partial charge on any atom is -0.383 e. The van der Waals surface area contributed by atoms with Crippen LogP contribution in [0, 0.1) is 0 Å². The van der Waals surface area contributed by atoms with E-state index in [9.17, 15) is 4.79 Å². The van der Waals surface area contributed by atoms with Crippen molar-refractivity contribution in [1.82, 2.24) is 14.7 Å². The van der Waals surface area contributed by atoms with Gasteiger partial charge in [0.2, 0.25) is 0 Å². The highest BCUT2D eigenvalue weighted by Gasteiger charge is 2.19. The van der Waals surface area contributed by atoms with Crippen molar-refractivity contribution in [2.24, 2.45) is 0 Å². The van der Waals surface area contributed by atoms with Gasteiger partial charge in [-0.3, -0.25) is 14.6 Å². The lowest BCUT2D eigenvalue weighted by atomic mass is 10.2. The molecule has 1 aliphatic rings. The Kier molecular flexibility index (Phi) is 5.65. The number of rotatable bonds is 5. The molecule has 0 radical (unpaired) electrons. The maximum Gasteiger partial charge on any atom is 0.148 e. The number of hydrogen-bond donors (Lipinski definition) is 0. The molecule has 1 heterocycles. The summed E-state index contributed by atoms with van der Waals surface area (Å²) in [5.41, 5.74) is 0.855. The van der Waals surface area contributed by atoms with Gasteiger partial charge in [-0.15, -0.1) is 0 Å². The Labute approximate surface area is 105 Å². The van der Waals surface area contributed by atoms with Crippen LogP contribution in [0.3, 0.4) is 0 Å². The molecule has 0 saturated carbocycles. The lowest BCUT2D eigenvalue weighted by Crippen LogP contribution is -2.49. The average Bonchev–Trinajstić information content (AvgIpc) is 2.28. The number of aldehydes is 1.